The molecule has 0 aromatic heterocycles. The molecule has 0 saturated carbocycles. The maximum atomic E-state index is 13.1. The fraction of sp³-hybridized carbons (Fsp3) is 0.304. The molecule has 1 amide bonds. The Bertz CT molecular complexity index is 967. The highest BCUT2D eigenvalue weighted by molar-refractivity contribution is 6.11. The van der Waals surface area contributed by atoms with Gasteiger partial charge in [-0.15, -0.1) is 0 Å². The van der Waals surface area contributed by atoms with Gasteiger partial charge in [0.05, 0.1) is 18.4 Å². The van der Waals surface area contributed by atoms with Crippen molar-refractivity contribution in [1.29, 1.82) is 0 Å². The van der Waals surface area contributed by atoms with E-state index in [1.165, 1.54) is 30.5 Å². The Balaban J connectivity index is 2.35. The van der Waals surface area contributed by atoms with Crippen molar-refractivity contribution in [3.8, 4) is 5.75 Å². The lowest BCUT2D eigenvalue weighted by molar-refractivity contribution is -0.165. The van der Waals surface area contributed by atoms with Crippen LogP contribution in [-0.2, 0) is 14.3 Å². The third-order valence-corrected chi connectivity index (χ3v) is 4.26. The highest BCUT2D eigenvalue weighted by Crippen LogP contribution is 2.21. The monoisotopic (exact) mass is 441 g/mol. The zero-order valence-electron chi connectivity index (χ0n) is 18.2. The maximum absolute atomic E-state index is 13.1. The standard InChI is InChI=1S/C23H27N3O6/c1-22(2,3)31-14-13-19(27)23(21(29)30,32-18-7-5-4-6-8-18)26-20(28)17-11-9-16(10-12-17)15-25-24/h4-12,15H,13-14,24H2,1-3H3,(H,26,28)(H,29,30). The normalized spacial score (nSPS) is 13.3. The van der Waals surface area contributed by atoms with E-state index in [9.17, 15) is 19.5 Å². The molecule has 9 heteroatoms. The van der Waals surface area contributed by atoms with E-state index < -0.39 is 29.0 Å². The van der Waals surface area contributed by atoms with Gasteiger partial charge in [-0.25, -0.2) is 4.79 Å². The SMILES string of the molecule is CC(C)(C)OCCC(=O)C(NC(=O)c1ccc(C=NN)cc1)(Oc1ccccc1)C(=O)O. The average molecular weight is 441 g/mol. The number of hydrogen-bond acceptors (Lipinski definition) is 7. The lowest BCUT2D eigenvalue weighted by Crippen LogP contribution is -2.64. The number of carbonyl (C=O) groups is 3. The van der Waals surface area contributed by atoms with Gasteiger partial charge in [-0.3, -0.25) is 14.9 Å². The van der Waals surface area contributed by atoms with Gasteiger partial charge in [0.2, 0.25) is 5.78 Å². The summed E-state index contributed by atoms with van der Waals surface area (Å²) in [6.07, 6.45) is 1.10. The van der Waals surface area contributed by atoms with Crippen molar-refractivity contribution in [3.05, 3.63) is 65.7 Å². The predicted molar refractivity (Wildman–Crippen MR) is 118 cm³/mol. The minimum atomic E-state index is -2.64. The van der Waals surface area contributed by atoms with Crippen molar-refractivity contribution in [1.82, 2.24) is 5.32 Å². The van der Waals surface area contributed by atoms with Crippen LogP contribution < -0.4 is 15.9 Å². The predicted octanol–water partition coefficient (Wildman–Crippen LogP) is 2.34. The van der Waals surface area contributed by atoms with E-state index >= 15 is 0 Å². The van der Waals surface area contributed by atoms with Crippen LogP contribution in [0.2, 0.25) is 0 Å². The van der Waals surface area contributed by atoms with E-state index in [1.54, 1.807) is 30.3 Å². The molecular formula is C23H27N3O6. The number of benzene rings is 2. The largest absolute Gasteiger partial charge is 0.476 e. The Labute approximate surface area is 186 Å². The van der Waals surface area contributed by atoms with Crippen molar-refractivity contribution in [3.63, 3.8) is 0 Å². The summed E-state index contributed by atoms with van der Waals surface area (Å²) < 4.78 is 11.1. The summed E-state index contributed by atoms with van der Waals surface area (Å²) in [6, 6.07) is 14.0. The molecule has 0 fully saturated rings. The number of nitrogens with zero attached hydrogens (tertiary/aromatic N) is 1. The lowest BCUT2D eigenvalue weighted by atomic mass is 10.0. The number of aliphatic carboxylic acids is 1. The molecule has 2 aromatic carbocycles. The van der Waals surface area contributed by atoms with Gasteiger partial charge in [0.1, 0.15) is 5.75 Å². The van der Waals surface area contributed by atoms with Crippen molar-refractivity contribution >= 4 is 23.9 Å². The second-order valence-corrected chi connectivity index (χ2v) is 7.89. The van der Waals surface area contributed by atoms with Crippen LogP contribution in [0.25, 0.3) is 0 Å². The quantitative estimate of drug-likeness (QED) is 0.169. The smallest absolute Gasteiger partial charge is 0.378 e. The first-order chi connectivity index (χ1) is 15.1. The molecule has 2 rings (SSSR count). The van der Waals surface area contributed by atoms with Crippen molar-refractivity contribution < 1.29 is 29.0 Å². The first kappa shape index (κ1) is 24.5. The second kappa shape index (κ2) is 10.5. The molecule has 0 bridgehead atoms. The number of carboxylic acid groups (broad SMARTS) is 1. The Morgan fingerprint density at radius 1 is 1.06 bits per heavy atom. The van der Waals surface area contributed by atoms with E-state index in [4.69, 9.17) is 15.3 Å². The molecule has 0 spiro atoms. The first-order valence-electron chi connectivity index (χ1n) is 9.88. The molecule has 0 heterocycles. The molecule has 0 radical (unpaired) electrons. The highest BCUT2D eigenvalue weighted by Gasteiger charge is 2.50. The Morgan fingerprint density at radius 3 is 2.22 bits per heavy atom. The summed E-state index contributed by atoms with van der Waals surface area (Å²) in [5.41, 5.74) is -2.40. The van der Waals surface area contributed by atoms with Gasteiger partial charge >= 0.3 is 11.7 Å². The molecule has 0 saturated heterocycles. The fourth-order valence-corrected chi connectivity index (χ4v) is 2.70. The molecule has 9 nitrogen and oxygen atoms in total. The topological polar surface area (TPSA) is 140 Å². The highest BCUT2D eigenvalue weighted by atomic mass is 16.5. The van der Waals surface area contributed by atoms with Gasteiger partial charge in [-0.05, 0) is 50.6 Å². The number of ketones is 1. The third kappa shape index (κ3) is 6.64. The van der Waals surface area contributed by atoms with Crippen molar-refractivity contribution in [2.75, 3.05) is 6.61 Å². The summed E-state index contributed by atoms with van der Waals surface area (Å²) in [5, 5.41) is 15.7. The summed E-state index contributed by atoms with van der Waals surface area (Å²) >= 11 is 0. The van der Waals surface area contributed by atoms with Crippen LogP contribution in [0.3, 0.4) is 0 Å². The molecule has 0 aliphatic heterocycles. The summed E-state index contributed by atoms with van der Waals surface area (Å²) in [7, 11) is 0. The summed E-state index contributed by atoms with van der Waals surface area (Å²) in [5.74, 6) is 1.90. The number of nitrogens with one attached hydrogen (secondary N) is 1. The minimum Gasteiger partial charge on any atom is -0.476 e. The molecule has 170 valence electrons. The number of para-hydroxylation sites is 1. The number of rotatable bonds is 10. The maximum Gasteiger partial charge on any atom is 0.378 e. The van der Waals surface area contributed by atoms with Gasteiger partial charge in [-0.1, -0.05) is 30.3 Å². The van der Waals surface area contributed by atoms with Crippen LogP contribution in [-0.4, -0.2) is 46.9 Å². The van der Waals surface area contributed by atoms with Gasteiger partial charge < -0.3 is 20.4 Å². The minimum absolute atomic E-state index is 0.0432. The lowest BCUT2D eigenvalue weighted by Gasteiger charge is -2.30. The van der Waals surface area contributed by atoms with Crippen LogP contribution in [0.4, 0.5) is 0 Å². The molecule has 4 N–H and O–H groups in total. The van der Waals surface area contributed by atoms with Gasteiger partial charge in [0.25, 0.3) is 5.91 Å². The van der Waals surface area contributed by atoms with E-state index in [-0.39, 0.29) is 24.3 Å². The average Bonchev–Trinajstić information content (AvgIpc) is 2.73. The van der Waals surface area contributed by atoms with E-state index in [1.807, 2.05) is 20.8 Å². The molecule has 1 atom stereocenters. The molecular weight excluding hydrogens is 414 g/mol. The van der Waals surface area contributed by atoms with Crippen LogP contribution in [0.15, 0.2) is 59.7 Å². The molecule has 32 heavy (non-hydrogen) atoms. The van der Waals surface area contributed by atoms with E-state index in [0.29, 0.717) is 5.56 Å². The van der Waals surface area contributed by atoms with Gasteiger partial charge in [-0.2, -0.15) is 5.10 Å². The Morgan fingerprint density at radius 2 is 1.69 bits per heavy atom. The number of carbonyl (C=O) groups excluding carboxylic acids is 2. The van der Waals surface area contributed by atoms with Crippen LogP contribution >= 0.6 is 0 Å². The number of hydrazone groups is 1. The van der Waals surface area contributed by atoms with Gasteiger partial charge in [0.15, 0.2) is 0 Å². The number of carboxylic acids is 1. The molecule has 1 unspecified atom stereocenters. The zero-order chi connectivity index (χ0) is 23.8. The second-order valence-electron chi connectivity index (χ2n) is 7.89. The number of ether oxygens (including phenoxy) is 2. The Kier molecular flexibility index (Phi) is 8.09. The molecule has 0 aliphatic rings. The number of amides is 1. The number of hydrogen-bond donors (Lipinski definition) is 3. The van der Waals surface area contributed by atoms with E-state index in [2.05, 4.69) is 10.4 Å². The zero-order valence-corrected chi connectivity index (χ0v) is 18.2. The summed E-state index contributed by atoms with van der Waals surface area (Å²) in [4.78, 5) is 38.2. The molecule has 2 aromatic rings. The Hall–Kier alpha value is -3.72. The van der Waals surface area contributed by atoms with Gasteiger partial charge in [0, 0.05) is 12.0 Å². The van der Waals surface area contributed by atoms with Crippen molar-refractivity contribution in [2.45, 2.75) is 38.5 Å². The fourth-order valence-electron chi connectivity index (χ4n) is 2.70. The van der Waals surface area contributed by atoms with Crippen molar-refractivity contribution in [2.24, 2.45) is 10.9 Å². The number of Topliss-reactive ketones (excluding diaryl/α,β-unsaturated/α-hetero) is 1. The van der Waals surface area contributed by atoms with Crippen LogP contribution in [0, 0.1) is 0 Å². The van der Waals surface area contributed by atoms with Crippen LogP contribution in [0.5, 0.6) is 5.75 Å². The van der Waals surface area contributed by atoms with Crippen LogP contribution in [0.1, 0.15) is 43.1 Å². The summed E-state index contributed by atoms with van der Waals surface area (Å²) in [6.45, 7) is 5.38. The number of nitrogens with two attached hydrogens (primary N) is 1. The first-order valence-corrected chi connectivity index (χ1v) is 9.88. The molecule has 0 aliphatic carbocycles. The third-order valence-electron chi connectivity index (χ3n) is 4.26. The van der Waals surface area contributed by atoms with E-state index in [0.717, 1.165) is 0 Å².